The van der Waals surface area contributed by atoms with Gasteiger partial charge in [-0.3, -0.25) is 0 Å². The molecule has 1 aromatic carbocycles. The average Bonchev–Trinajstić information content (AvgIpc) is 2.32. The number of nitriles is 1. The minimum atomic E-state index is -0.345. The van der Waals surface area contributed by atoms with Crippen LogP contribution >= 0.6 is 0 Å². The number of halogens is 1. The lowest BCUT2D eigenvalue weighted by molar-refractivity contribution is 0.303. The number of hydrogen-bond acceptors (Lipinski definition) is 1. The highest BCUT2D eigenvalue weighted by Crippen LogP contribution is 2.42. The average molecular weight is 233 g/mol. The zero-order valence-corrected chi connectivity index (χ0v) is 11.0. The molecule has 0 radical (unpaired) electrons. The molecule has 1 rings (SSSR count). The molecule has 0 aromatic heterocycles. The van der Waals surface area contributed by atoms with E-state index < -0.39 is 0 Å². The minimum Gasteiger partial charge on any atom is -0.207 e. The number of hydrogen-bond donors (Lipinski definition) is 0. The third kappa shape index (κ3) is 2.49. The summed E-state index contributed by atoms with van der Waals surface area (Å²) in [4.78, 5) is 0. The first-order valence-electron chi connectivity index (χ1n) is 6.18. The van der Waals surface area contributed by atoms with Crippen molar-refractivity contribution in [1.82, 2.24) is 0 Å². The quantitative estimate of drug-likeness (QED) is 0.747. The van der Waals surface area contributed by atoms with Crippen LogP contribution in [-0.4, -0.2) is 0 Å². The van der Waals surface area contributed by atoms with Crippen molar-refractivity contribution in [3.8, 4) is 6.07 Å². The zero-order chi connectivity index (χ0) is 13.1. The molecule has 0 amide bonds. The fraction of sp³-hybridized carbons (Fsp3) is 0.533. The Balaban J connectivity index is 3.19. The van der Waals surface area contributed by atoms with Crippen molar-refractivity contribution in [2.24, 2.45) is 5.41 Å². The Morgan fingerprint density at radius 1 is 1.35 bits per heavy atom. The Kier molecular flexibility index (Phi) is 4.28. The van der Waals surface area contributed by atoms with Crippen molar-refractivity contribution in [3.05, 3.63) is 35.1 Å². The van der Waals surface area contributed by atoms with Crippen LogP contribution < -0.4 is 0 Å². The number of nitrogens with zero attached hydrogens (tertiary/aromatic N) is 1. The van der Waals surface area contributed by atoms with Gasteiger partial charge in [0.2, 0.25) is 0 Å². The molecule has 1 atom stereocenters. The fourth-order valence-corrected chi connectivity index (χ4v) is 2.54. The van der Waals surface area contributed by atoms with Gasteiger partial charge < -0.3 is 0 Å². The van der Waals surface area contributed by atoms with Gasteiger partial charge in [-0.1, -0.05) is 26.8 Å². The first-order valence-corrected chi connectivity index (χ1v) is 6.18. The van der Waals surface area contributed by atoms with Crippen LogP contribution in [0.25, 0.3) is 0 Å². The molecule has 17 heavy (non-hydrogen) atoms. The van der Waals surface area contributed by atoms with Crippen LogP contribution in [0.5, 0.6) is 0 Å². The van der Waals surface area contributed by atoms with E-state index in [0.717, 1.165) is 24.0 Å². The van der Waals surface area contributed by atoms with Crippen molar-refractivity contribution >= 4 is 0 Å². The topological polar surface area (TPSA) is 23.8 Å². The van der Waals surface area contributed by atoms with Gasteiger partial charge in [-0.2, -0.15) is 5.26 Å². The zero-order valence-electron chi connectivity index (χ0n) is 11.0. The maximum atomic E-state index is 13.1. The van der Waals surface area contributed by atoms with Crippen molar-refractivity contribution in [1.29, 1.82) is 5.26 Å². The van der Waals surface area contributed by atoms with E-state index in [2.05, 4.69) is 13.0 Å². The van der Waals surface area contributed by atoms with Crippen molar-refractivity contribution in [2.45, 2.75) is 46.5 Å². The second-order valence-corrected chi connectivity index (χ2v) is 4.70. The molecule has 0 aliphatic heterocycles. The van der Waals surface area contributed by atoms with E-state index in [-0.39, 0.29) is 17.2 Å². The Morgan fingerprint density at radius 2 is 1.94 bits per heavy atom. The lowest BCUT2D eigenvalue weighted by Gasteiger charge is -2.32. The van der Waals surface area contributed by atoms with E-state index in [9.17, 15) is 9.65 Å². The lowest BCUT2D eigenvalue weighted by atomic mass is 9.69. The van der Waals surface area contributed by atoms with Crippen LogP contribution in [-0.2, 0) is 0 Å². The largest absolute Gasteiger partial charge is 0.207 e. The van der Waals surface area contributed by atoms with Gasteiger partial charge in [0.25, 0.3) is 0 Å². The first-order chi connectivity index (χ1) is 8.00. The van der Waals surface area contributed by atoms with Gasteiger partial charge in [-0.15, -0.1) is 0 Å². The minimum absolute atomic E-state index is 0.128. The first kappa shape index (κ1) is 13.7. The third-order valence-electron chi connectivity index (χ3n) is 4.01. The van der Waals surface area contributed by atoms with E-state index in [4.69, 9.17) is 0 Å². The summed E-state index contributed by atoms with van der Waals surface area (Å²) in [6.07, 6.45) is 1.63. The Labute approximate surface area is 103 Å². The van der Waals surface area contributed by atoms with Crippen molar-refractivity contribution < 1.29 is 4.39 Å². The Morgan fingerprint density at radius 3 is 2.35 bits per heavy atom. The molecule has 0 spiro atoms. The van der Waals surface area contributed by atoms with Gasteiger partial charge in [-0.05, 0) is 48.9 Å². The smallest absolute Gasteiger partial charge is 0.123 e. The molecular weight excluding hydrogens is 213 g/mol. The highest BCUT2D eigenvalue weighted by molar-refractivity contribution is 5.32. The second-order valence-electron chi connectivity index (χ2n) is 4.70. The van der Waals surface area contributed by atoms with Gasteiger partial charge in [0.15, 0.2) is 0 Å². The van der Waals surface area contributed by atoms with Crippen LogP contribution in [0.3, 0.4) is 0 Å². The summed E-state index contributed by atoms with van der Waals surface area (Å²) >= 11 is 0. The molecule has 1 aromatic rings. The van der Waals surface area contributed by atoms with Gasteiger partial charge in [0, 0.05) is 0 Å². The molecule has 0 aliphatic carbocycles. The van der Waals surface area contributed by atoms with Crippen molar-refractivity contribution in [3.63, 3.8) is 0 Å². The normalized spacial score (nSPS) is 13.2. The standard InChI is InChI=1S/C15H20FN/c1-5-15(6-2,10-17)12(4)14-8-7-13(16)9-11(14)3/h7-9,12H,5-6H2,1-4H3/t12-/m1/s1. The predicted molar refractivity (Wildman–Crippen MR) is 68.2 cm³/mol. The SMILES string of the molecule is CCC(C#N)(CC)[C@H](C)c1ccc(F)cc1C. The fourth-order valence-electron chi connectivity index (χ4n) is 2.54. The van der Waals surface area contributed by atoms with Gasteiger partial charge >= 0.3 is 0 Å². The molecule has 0 saturated carbocycles. The van der Waals surface area contributed by atoms with Crippen LogP contribution in [0.4, 0.5) is 4.39 Å². The molecule has 92 valence electrons. The molecule has 2 heteroatoms. The van der Waals surface area contributed by atoms with Crippen LogP contribution in [0.2, 0.25) is 0 Å². The number of benzene rings is 1. The molecule has 0 bridgehead atoms. The maximum absolute atomic E-state index is 13.1. The summed E-state index contributed by atoms with van der Waals surface area (Å²) in [5, 5.41) is 9.43. The van der Waals surface area contributed by atoms with Crippen molar-refractivity contribution in [2.75, 3.05) is 0 Å². The molecule has 1 nitrogen and oxygen atoms in total. The number of aryl methyl sites for hydroxylation is 1. The molecule has 0 saturated heterocycles. The highest BCUT2D eigenvalue weighted by Gasteiger charge is 2.34. The summed E-state index contributed by atoms with van der Waals surface area (Å²) < 4.78 is 13.1. The number of rotatable bonds is 4. The summed E-state index contributed by atoms with van der Waals surface area (Å²) in [6, 6.07) is 7.29. The monoisotopic (exact) mass is 233 g/mol. The molecule has 0 unspecified atom stereocenters. The third-order valence-corrected chi connectivity index (χ3v) is 4.01. The lowest BCUT2D eigenvalue weighted by Crippen LogP contribution is -2.24. The van der Waals surface area contributed by atoms with E-state index in [1.807, 2.05) is 26.8 Å². The van der Waals surface area contributed by atoms with E-state index >= 15 is 0 Å². The highest BCUT2D eigenvalue weighted by atomic mass is 19.1. The van der Waals surface area contributed by atoms with E-state index in [1.165, 1.54) is 6.07 Å². The summed E-state index contributed by atoms with van der Waals surface area (Å²) in [5.74, 6) is -0.0860. The second kappa shape index (κ2) is 5.31. The molecule has 0 aliphatic rings. The van der Waals surface area contributed by atoms with Crippen LogP contribution in [0, 0.1) is 29.5 Å². The summed E-state index contributed by atoms with van der Waals surface area (Å²) in [6.45, 7) is 8.06. The van der Waals surface area contributed by atoms with Gasteiger partial charge in [-0.25, -0.2) is 4.39 Å². The summed E-state index contributed by atoms with van der Waals surface area (Å²) in [5.41, 5.74) is 1.67. The molecule has 0 fully saturated rings. The van der Waals surface area contributed by atoms with Gasteiger partial charge in [0.1, 0.15) is 5.82 Å². The van der Waals surface area contributed by atoms with Crippen LogP contribution in [0.15, 0.2) is 18.2 Å². The van der Waals surface area contributed by atoms with Crippen LogP contribution in [0.1, 0.15) is 50.7 Å². The Hall–Kier alpha value is -1.36. The Bertz CT molecular complexity index is 427. The van der Waals surface area contributed by atoms with Gasteiger partial charge in [0.05, 0.1) is 11.5 Å². The predicted octanol–water partition coefficient (Wildman–Crippen LogP) is 4.57. The van der Waals surface area contributed by atoms with E-state index in [0.29, 0.717) is 0 Å². The molecule has 0 heterocycles. The van der Waals surface area contributed by atoms with E-state index in [1.54, 1.807) is 6.07 Å². The summed E-state index contributed by atoms with van der Waals surface area (Å²) in [7, 11) is 0. The molecular formula is C15H20FN. The molecule has 0 N–H and O–H groups in total. The maximum Gasteiger partial charge on any atom is 0.123 e.